The van der Waals surface area contributed by atoms with Crippen molar-refractivity contribution in [1.82, 2.24) is 9.88 Å². The number of methoxy groups -OCH3 is 1. The van der Waals surface area contributed by atoms with Gasteiger partial charge in [0.15, 0.2) is 0 Å². The molecule has 1 aliphatic rings. The molecule has 3 N–H and O–H groups in total. The molecule has 8 nitrogen and oxygen atoms in total. The average molecular weight is 382 g/mol. The predicted molar refractivity (Wildman–Crippen MR) is 103 cm³/mol. The van der Waals surface area contributed by atoms with Crippen LogP contribution in [0.1, 0.15) is 41.2 Å². The lowest BCUT2D eigenvalue weighted by molar-refractivity contribution is -0.145. The van der Waals surface area contributed by atoms with Gasteiger partial charge in [-0.05, 0) is 30.9 Å². The maximum atomic E-state index is 12.8. The van der Waals surface area contributed by atoms with Crippen LogP contribution in [0.2, 0.25) is 0 Å². The number of hydrogen-bond donors (Lipinski definition) is 2. The normalized spacial score (nSPS) is 16.3. The minimum absolute atomic E-state index is 0.0212. The van der Waals surface area contributed by atoms with Gasteiger partial charge >= 0.3 is 11.8 Å². The van der Waals surface area contributed by atoms with E-state index in [0.717, 1.165) is 24.8 Å². The Morgan fingerprint density at radius 1 is 1.21 bits per heavy atom. The van der Waals surface area contributed by atoms with Crippen LogP contribution in [0.4, 0.5) is 5.69 Å². The van der Waals surface area contributed by atoms with Crippen molar-refractivity contribution >= 4 is 23.4 Å². The molecule has 0 bridgehead atoms. The van der Waals surface area contributed by atoms with E-state index in [-0.39, 0.29) is 23.2 Å². The Kier molecular flexibility index (Phi) is 5.88. The molecule has 146 valence electrons. The van der Waals surface area contributed by atoms with Gasteiger partial charge in [0, 0.05) is 6.54 Å². The van der Waals surface area contributed by atoms with E-state index in [4.69, 9.17) is 10.5 Å². The predicted octanol–water partition coefficient (Wildman–Crippen LogP) is 1.88. The van der Waals surface area contributed by atoms with Crippen LogP contribution in [0, 0.1) is 0 Å². The van der Waals surface area contributed by atoms with Gasteiger partial charge in [0.2, 0.25) is 5.88 Å². The molecule has 1 aromatic carbocycles. The summed E-state index contributed by atoms with van der Waals surface area (Å²) in [4.78, 5) is 42.4. The highest BCUT2D eigenvalue weighted by atomic mass is 16.5. The van der Waals surface area contributed by atoms with Gasteiger partial charge in [0.05, 0.1) is 25.0 Å². The molecule has 8 heteroatoms. The molecule has 0 saturated carbocycles. The van der Waals surface area contributed by atoms with Crippen LogP contribution in [0.25, 0.3) is 0 Å². The summed E-state index contributed by atoms with van der Waals surface area (Å²) in [6.07, 6.45) is 3.95. The zero-order valence-corrected chi connectivity index (χ0v) is 15.6. The smallest absolute Gasteiger partial charge is 0.313 e. The number of likely N-dealkylation sites (tertiary alicyclic amines) is 1. The van der Waals surface area contributed by atoms with E-state index in [1.165, 1.54) is 19.4 Å². The van der Waals surface area contributed by atoms with Crippen molar-refractivity contribution in [1.29, 1.82) is 0 Å². The van der Waals surface area contributed by atoms with Crippen molar-refractivity contribution in [3.63, 3.8) is 0 Å². The molecule has 28 heavy (non-hydrogen) atoms. The first kappa shape index (κ1) is 19.3. The van der Waals surface area contributed by atoms with E-state index in [9.17, 15) is 14.4 Å². The molecular weight excluding hydrogens is 360 g/mol. The number of nitrogens with two attached hydrogens (primary N) is 1. The van der Waals surface area contributed by atoms with Crippen molar-refractivity contribution < 1.29 is 19.1 Å². The maximum absolute atomic E-state index is 12.8. The van der Waals surface area contributed by atoms with Gasteiger partial charge in [0.1, 0.15) is 5.56 Å². The number of anilines is 1. The number of carbonyl (C=O) groups excluding carboxylic acids is 3. The number of carbonyl (C=O) groups is 3. The molecule has 3 amide bonds. The van der Waals surface area contributed by atoms with E-state index in [2.05, 4.69) is 10.3 Å². The van der Waals surface area contributed by atoms with Crippen molar-refractivity contribution in [2.45, 2.75) is 25.3 Å². The number of piperidine rings is 1. The number of pyridine rings is 1. The zero-order chi connectivity index (χ0) is 20.1. The number of amides is 3. The molecular formula is C20H22N4O4. The molecule has 0 spiro atoms. The van der Waals surface area contributed by atoms with Crippen LogP contribution in [0.5, 0.6) is 5.88 Å². The van der Waals surface area contributed by atoms with Gasteiger partial charge in [-0.25, -0.2) is 4.98 Å². The summed E-state index contributed by atoms with van der Waals surface area (Å²) in [7, 11) is 1.36. The fourth-order valence-corrected chi connectivity index (χ4v) is 3.37. The van der Waals surface area contributed by atoms with Crippen molar-refractivity contribution in [3.8, 4) is 5.88 Å². The highest BCUT2D eigenvalue weighted by molar-refractivity contribution is 6.39. The van der Waals surface area contributed by atoms with Crippen LogP contribution < -0.4 is 15.8 Å². The molecule has 1 aliphatic heterocycles. The second-order valence-electron chi connectivity index (χ2n) is 6.52. The van der Waals surface area contributed by atoms with Crippen molar-refractivity contribution in [2.75, 3.05) is 19.0 Å². The number of rotatable bonds is 4. The summed E-state index contributed by atoms with van der Waals surface area (Å²) in [6.45, 7) is 0.513. The highest BCUT2D eigenvalue weighted by Crippen LogP contribution is 2.31. The van der Waals surface area contributed by atoms with Crippen LogP contribution in [-0.2, 0) is 9.59 Å². The summed E-state index contributed by atoms with van der Waals surface area (Å²) >= 11 is 0. The highest BCUT2D eigenvalue weighted by Gasteiger charge is 2.31. The fraction of sp³-hybridized carbons (Fsp3) is 0.300. The molecule has 1 fully saturated rings. The summed E-state index contributed by atoms with van der Waals surface area (Å²) in [6, 6.07) is 10.9. The number of hydrogen-bond acceptors (Lipinski definition) is 5. The largest absolute Gasteiger partial charge is 0.480 e. The van der Waals surface area contributed by atoms with E-state index in [1.807, 2.05) is 30.3 Å². The van der Waals surface area contributed by atoms with Gasteiger partial charge < -0.3 is 20.7 Å². The number of primary amides is 1. The molecule has 1 aromatic heterocycles. The van der Waals surface area contributed by atoms with Crippen molar-refractivity contribution in [2.24, 2.45) is 5.73 Å². The Balaban J connectivity index is 1.77. The monoisotopic (exact) mass is 382 g/mol. The fourth-order valence-electron chi connectivity index (χ4n) is 3.37. The Hall–Kier alpha value is -3.42. The second-order valence-corrected chi connectivity index (χ2v) is 6.52. The molecule has 1 atom stereocenters. The Labute approximate surface area is 162 Å². The number of nitrogens with one attached hydrogen (secondary N) is 1. The summed E-state index contributed by atoms with van der Waals surface area (Å²) in [5.41, 5.74) is 6.52. The first-order valence-electron chi connectivity index (χ1n) is 9.02. The van der Waals surface area contributed by atoms with Gasteiger partial charge in [-0.2, -0.15) is 0 Å². The number of aromatic nitrogens is 1. The number of ether oxygens (including phenoxy) is 1. The van der Waals surface area contributed by atoms with Crippen LogP contribution in [-0.4, -0.2) is 41.3 Å². The molecule has 1 saturated heterocycles. The SMILES string of the molecule is COc1ncc(NC(=O)C(=O)N2CCCC[C@@H]2c2ccccc2)cc1C(N)=O. The summed E-state index contributed by atoms with van der Waals surface area (Å²) < 4.78 is 4.97. The zero-order valence-electron chi connectivity index (χ0n) is 15.6. The Morgan fingerprint density at radius 3 is 2.64 bits per heavy atom. The number of benzene rings is 1. The minimum Gasteiger partial charge on any atom is -0.480 e. The topological polar surface area (TPSA) is 115 Å². The second kappa shape index (κ2) is 8.51. The third-order valence-corrected chi connectivity index (χ3v) is 4.71. The van der Waals surface area contributed by atoms with Gasteiger partial charge in [-0.1, -0.05) is 30.3 Å². The van der Waals surface area contributed by atoms with Gasteiger partial charge in [0.25, 0.3) is 5.91 Å². The standard InChI is InChI=1S/C20H22N4O4/c1-28-19-15(17(21)25)11-14(12-22-19)23-18(26)20(27)24-10-6-5-9-16(24)13-7-3-2-4-8-13/h2-4,7-8,11-12,16H,5-6,9-10H2,1H3,(H2,21,25)(H,23,26)/t16-/m1/s1. The van der Waals surface area contributed by atoms with E-state index >= 15 is 0 Å². The lowest BCUT2D eigenvalue weighted by Crippen LogP contribution is -2.44. The van der Waals surface area contributed by atoms with Gasteiger partial charge in [-0.15, -0.1) is 0 Å². The van der Waals surface area contributed by atoms with E-state index in [0.29, 0.717) is 6.54 Å². The molecule has 0 radical (unpaired) electrons. The number of nitrogens with zero attached hydrogens (tertiary/aromatic N) is 2. The van der Waals surface area contributed by atoms with Crippen LogP contribution in [0.3, 0.4) is 0 Å². The first-order valence-corrected chi connectivity index (χ1v) is 9.02. The molecule has 0 unspecified atom stereocenters. The molecule has 0 aliphatic carbocycles. The third kappa shape index (κ3) is 4.11. The minimum atomic E-state index is -0.787. The molecule has 3 rings (SSSR count). The first-order chi connectivity index (χ1) is 13.5. The Morgan fingerprint density at radius 2 is 1.96 bits per heavy atom. The van der Waals surface area contributed by atoms with E-state index < -0.39 is 17.7 Å². The lowest BCUT2D eigenvalue weighted by Gasteiger charge is -2.35. The van der Waals surface area contributed by atoms with Gasteiger partial charge in [-0.3, -0.25) is 14.4 Å². The third-order valence-electron chi connectivity index (χ3n) is 4.71. The Bertz CT molecular complexity index is 885. The van der Waals surface area contributed by atoms with Crippen molar-refractivity contribution in [3.05, 3.63) is 53.7 Å². The molecule has 2 aromatic rings. The summed E-state index contributed by atoms with van der Waals surface area (Å²) in [5.74, 6) is -2.10. The van der Waals surface area contributed by atoms with Crippen LogP contribution in [0.15, 0.2) is 42.6 Å². The van der Waals surface area contributed by atoms with Crippen LogP contribution >= 0.6 is 0 Å². The lowest BCUT2D eigenvalue weighted by atomic mass is 9.95. The average Bonchev–Trinajstić information content (AvgIpc) is 2.73. The molecule has 2 heterocycles. The summed E-state index contributed by atoms with van der Waals surface area (Å²) in [5, 5.41) is 2.50. The van der Waals surface area contributed by atoms with E-state index in [1.54, 1.807) is 4.90 Å². The maximum Gasteiger partial charge on any atom is 0.313 e. The quantitative estimate of drug-likeness (QED) is 0.784.